The van der Waals surface area contributed by atoms with Gasteiger partial charge in [-0.15, -0.1) is 0 Å². The lowest BCUT2D eigenvalue weighted by atomic mass is 10.1. The number of fused-ring (bicyclic) bond motifs is 1. The van der Waals surface area contributed by atoms with Crippen molar-refractivity contribution in [2.75, 3.05) is 23.0 Å². The van der Waals surface area contributed by atoms with Crippen LogP contribution in [0.1, 0.15) is 18.1 Å². The average molecular weight is 445 g/mol. The molecule has 0 aliphatic carbocycles. The van der Waals surface area contributed by atoms with Crippen molar-refractivity contribution < 1.29 is 17.9 Å². The summed E-state index contributed by atoms with van der Waals surface area (Å²) in [5, 5.41) is 0.453. The highest BCUT2D eigenvalue weighted by Crippen LogP contribution is 2.41. The molecule has 0 bridgehead atoms. The van der Waals surface area contributed by atoms with Crippen LogP contribution < -0.4 is 9.64 Å². The summed E-state index contributed by atoms with van der Waals surface area (Å²) in [5.41, 5.74) is 2.83. The maximum atomic E-state index is 12.7. The third-order valence-corrected chi connectivity index (χ3v) is 8.36. The second-order valence-corrected chi connectivity index (χ2v) is 10.9. The van der Waals surface area contributed by atoms with Crippen LogP contribution in [-0.4, -0.2) is 48.9 Å². The van der Waals surface area contributed by atoms with Crippen molar-refractivity contribution in [3.8, 4) is 5.75 Å². The zero-order valence-corrected chi connectivity index (χ0v) is 18.6. The van der Waals surface area contributed by atoms with E-state index in [1.54, 1.807) is 0 Å². The van der Waals surface area contributed by atoms with Crippen molar-refractivity contribution in [2.24, 2.45) is 4.99 Å². The van der Waals surface area contributed by atoms with Crippen LogP contribution in [0.3, 0.4) is 0 Å². The number of aryl methyl sites for hydroxylation is 1. The number of carbonyl (C=O) groups excluding carboxylic acids is 1. The molecule has 2 aliphatic heterocycles. The van der Waals surface area contributed by atoms with Gasteiger partial charge >= 0.3 is 0 Å². The third kappa shape index (κ3) is 4.54. The van der Waals surface area contributed by atoms with Gasteiger partial charge in [0.1, 0.15) is 5.75 Å². The molecule has 0 spiro atoms. The molecular formula is C22H24N2O4S2. The first-order chi connectivity index (χ1) is 14.3. The minimum atomic E-state index is -3.10. The number of hydrogen-bond acceptors (Lipinski definition) is 5. The van der Waals surface area contributed by atoms with E-state index in [1.807, 2.05) is 67.3 Å². The molecule has 6 nitrogen and oxygen atoms in total. The molecule has 2 aromatic rings. The van der Waals surface area contributed by atoms with Crippen LogP contribution >= 0.6 is 11.8 Å². The van der Waals surface area contributed by atoms with E-state index in [2.05, 4.69) is 4.99 Å². The van der Waals surface area contributed by atoms with Crippen LogP contribution in [0, 0.1) is 6.92 Å². The van der Waals surface area contributed by atoms with Gasteiger partial charge in [0.25, 0.3) is 5.91 Å². The van der Waals surface area contributed by atoms with E-state index in [-0.39, 0.29) is 35.1 Å². The number of anilines is 1. The van der Waals surface area contributed by atoms with E-state index >= 15 is 0 Å². The summed E-state index contributed by atoms with van der Waals surface area (Å²) < 4.78 is 29.9. The van der Waals surface area contributed by atoms with Gasteiger partial charge in [-0.2, -0.15) is 4.99 Å². The van der Waals surface area contributed by atoms with Crippen molar-refractivity contribution in [2.45, 2.75) is 31.6 Å². The molecule has 0 saturated carbocycles. The van der Waals surface area contributed by atoms with Crippen LogP contribution in [0.2, 0.25) is 0 Å². The second-order valence-electron chi connectivity index (χ2n) is 7.55. The monoisotopic (exact) mass is 444 g/mol. The van der Waals surface area contributed by atoms with Crippen molar-refractivity contribution in [1.82, 2.24) is 0 Å². The summed E-state index contributed by atoms with van der Waals surface area (Å²) in [5.74, 6) is 0.698. The predicted molar refractivity (Wildman–Crippen MR) is 121 cm³/mol. The molecule has 0 N–H and O–H groups in total. The minimum absolute atomic E-state index is 0.0724. The van der Waals surface area contributed by atoms with Crippen molar-refractivity contribution in [1.29, 1.82) is 0 Å². The first-order valence-electron chi connectivity index (χ1n) is 9.91. The number of ether oxygens (including phenoxy) is 1. The molecule has 4 rings (SSSR count). The number of amides is 1. The molecule has 1 amide bonds. The number of thioether (sulfide) groups is 1. The third-order valence-electron chi connectivity index (χ3n) is 5.15. The zero-order valence-electron chi connectivity index (χ0n) is 16.9. The van der Waals surface area contributed by atoms with E-state index in [9.17, 15) is 13.2 Å². The number of nitrogens with zero attached hydrogens (tertiary/aromatic N) is 2. The Labute approximate surface area is 181 Å². The topological polar surface area (TPSA) is 76.0 Å². The number of hydrogen-bond donors (Lipinski definition) is 0. The molecule has 8 heteroatoms. The second kappa shape index (κ2) is 8.43. The van der Waals surface area contributed by atoms with Crippen molar-refractivity contribution >= 4 is 38.4 Å². The van der Waals surface area contributed by atoms with Crippen molar-refractivity contribution in [3.05, 3.63) is 59.7 Å². The molecule has 2 heterocycles. The first-order valence-corrected chi connectivity index (χ1v) is 12.6. The number of aliphatic imine (C=N–C) groups is 1. The Morgan fingerprint density at radius 3 is 2.67 bits per heavy atom. The standard InChI is InChI=1S/C22H24N2O4S2/c1-3-28-18-9-7-17(8-10-18)24-19-13-30(26,27)14-20(19)29-22(24)23-21(25)12-16-6-4-5-15(2)11-16/h4-11,19-20H,3,12-14H2,1-2H3/t19-,20+/m1/s1. The molecule has 158 valence electrons. The van der Waals surface area contributed by atoms with Crippen LogP contribution in [0.4, 0.5) is 5.69 Å². The molecule has 2 fully saturated rings. The number of benzene rings is 2. The van der Waals surface area contributed by atoms with Gasteiger partial charge in [0, 0.05) is 10.9 Å². The van der Waals surface area contributed by atoms with Crippen LogP contribution in [0.5, 0.6) is 5.75 Å². The number of rotatable bonds is 5. The lowest BCUT2D eigenvalue weighted by Crippen LogP contribution is -2.37. The van der Waals surface area contributed by atoms with Gasteiger partial charge in [-0.25, -0.2) is 8.42 Å². The molecule has 2 aliphatic rings. The summed E-state index contributed by atoms with van der Waals surface area (Å²) >= 11 is 1.39. The lowest BCUT2D eigenvalue weighted by molar-refractivity contribution is -0.117. The molecule has 30 heavy (non-hydrogen) atoms. The van der Waals surface area contributed by atoms with Crippen LogP contribution in [0.25, 0.3) is 0 Å². The van der Waals surface area contributed by atoms with Crippen LogP contribution in [0.15, 0.2) is 53.5 Å². The normalized spacial score (nSPS) is 23.5. The van der Waals surface area contributed by atoms with E-state index in [4.69, 9.17) is 4.74 Å². The Hall–Kier alpha value is -2.32. The molecule has 0 aromatic heterocycles. The summed E-state index contributed by atoms with van der Waals surface area (Å²) in [6.45, 7) is 4.48. The Balaban J connectivity index is 1.62. The SMILES string of the molecule is CCOc1ccc(N2C(=NC(=O)Cc3cccc(C)c3)S[C@H]3CS(=O)(=O)C[C@H]32)cc1. The molecule has 0 radical (unpaired) electrons. The Bertz CT molecular complexity index is 1080. The molecular weight excluding hydrogens is 420 g/mol. The summed E-state index contributed by atoms with van der Waals surface area (Å²) in [6, 6.07) is 15.1. The Morgan fingerprint density at radius 2 is 1.97 bits per heavy atom. The highest BCUT2D eigenvalue weighted by atomic mass is 32.2. The number of sulfone groups is 1. The van der Waals surface area contributed by atoms with Crippen molar-refractivity contribution in [3.63, 3.8) is 0 Å². The first kappa shape index (κ1) is 20.9. The van der Waals surface area contributed by atoms with Crippen LogP contribution in [-0.2, 0) is 21.1 Å². The van der Waals surface area contributed by atoms with E-state index in [0.717, 1.165) is 22.6 Å². The molecule has 2 saturated heterocycles. The highest BCUT2D eigenvalue weighted by Gasteiger charge is 2.49. The highest BCUT2D eigenvalue weighted by molar-refractivity contribution is 8.16. The molecule has 2 aromatic carbocycles. The minimum Gasteiger partial charge on any atom is -0.494 e. The fourth-order valence-electron chi connectivity index (χ4n) is 3.88. The summed E-state index contributed by atoms with van der Waals surface area (Å²) in [6.07, 6.45) is 0.219. The fraction of sp³-hybridized carbons (Fsp3) is 0.364. The Kier molecular flexibility index (Phi) is 5.88. The zero-order chi connectivity index (χ0) is 21.3. The van der Waals surface area contributed by atoms with Gasteiger partial charge in [-0.1, -0.05) is 41.6 Å². The average Bonchev–Trinajstić information content (AvgIpc) is 3.13. The number of amidine groups is 1. The molecule has 2 atom stereocenters. The van der Waals surface area contributed by atoms with Gasteiger partial charge in [0.15, 0.2) is 15.0 Å². The van der Waals surface area contributed by atoms with Gasteiger partial charge in [0.05, 0.1) is 30.6 Å². The van der Waals surface area contributed by atoms with Gasteiger partial charge in [0.2, 0.25) is 0 Å². The van der Waals surface area contributed by atoms with Gasteiger partial charge in [-0.05, 0) is 43.7 Å². The maximum absolute atomic E-state index is 12.7. The lowest BCUT2D eigenvalue weighted by Gasteiger charge is -2.24. The maximum Gasteiger partial charge on any atom is 0.252 e. The fourth-order valence-corrected chi connectivity index (χ4v) is 7.81. The van der Waals surface area contributed by atoms with E-state index < -0.39 is 9.84 Å². The number of carbonyl (C=O) groups is 1. The Morgan fingerprint density at radius 1 is 1.20 bits per heavy atom. The van der Waals surface area contributed by atoms with E-state index in [0.29, 0.717) is 11.8 Å². The van der Waals surface area contributed by atoms with Gasteiger partial charge < -0.3 is 9.64 Å². The quantitative estimate of drug-likeness (QED) is 0.705. The van der Waals surface area contributed by atoms with E-state index in [1.165, 1.54) is 11.8 Å². The molecule has 0 unspecified atom stereocenters. The summed E-state index contributed by atoms with van der Waals surface area (Å²) in [7, 11) is -3.10. The van der Waals surface area contributed by atoms with Gasteiger partial charge in [-0.3, -0.25) is 4.79 Å². The largest absolute Gasteiger partial charge is 0.494 e. The summed E-state index contributed by atoms with van der Waals surface area (Å²) in [4.78, 5) is 19.0. The smallest absolute Gasteiger partial charge is 0.252 e. The predicted octanol–water partition coefficient (Wildman–Crippen LogP) is 3.24.